The molecule has 6 aromatic rings. The molecule has 0 spiro atoms. The minimum atomic E-state index is -0.125. The van der Waals surface area contributed by atoms with Gasteiger partial charge in [0.15, 0.2) is 5.78 Å². The van der Waals surface area contributed by atoms with E-state index in [9.17, 15) is 4.79 Å². The Morgan fingerprint density at radius 2 is 1.83 bits per heavy atom. The van der Waals surface area contributed by atoms with Gasteiger partial charge in [-0.15, -0.1) is 29.5 Å². The molecule has 0 unspecified atom stereocenters. The molecule has 0 aliphatic rings. The van der Waals surface area contributed by atoms with E-state index in [0.29, 0.717) is 5.71 Å². The van der Waals surface area contributed by atoms with Gasteiger partial charge in [0.2, 0.25) is 5.71 Å². The summed E-state index contributed by atoms with van der Waals surface area (Å²) >= 11 is 1.68. The summed E-state index contributed by atoms with van der Waals surface area (Å²) in [7, 11) is 0. The van der Waals surface area contributed by atoms with Gasteiger partial charge in [0.05, 0.1) is 16.9 Å². The maximum atomic E-state index is 10.0. The van der Waals surface area contributed by atoms with Crippen LogP contribution in [0.5, 0.6) is 0 Å². The summed E-state index contributed by atoms with van der Waals surface area (Å²) in [4.78, 5) is 24.6. The number of thiophene rings is 1. The molecule has 2 aromatic carbocycles. The molecule has 6 rings (SSSR count). The fourth-order valence-corrected chi connectivity index (χ4v) is 4.94. The Morgan fingerprint density at radius 1 is 1.03 bits per heavy atom. The van der Waals surface area contributed by atoms with Crippen molar-refractivity contribution in [3.63, 3.8) is 0 Å². The summed E-state index contributed by atoms with van der Waals surface area (Å²) in [6, 6.07) is 23.6. The Kier molecular flexibility index (Phi) is 7.69. The molecular weight excluding hydrogens is 651 g/mol. The molecule has 4 aromatic heterocycles. The Hall–Kier alpha value is -3.71. The maximum Gasteiger partial charge on any atom is 0.216 e. The first kappa shape index (κ1) is 25.4. The molecule has 0 saturated heterocycles. The van der Waals surface area contributed by atoms with Gasteiger partial charge in [0.1, 0.15) is 6.33 Å². The second-order valence-electron chi connectivity index (χ2n) is 7.86. The number of fused-ring (bicyclic) bond motifs is 4. The number of benzene rings is 2. The number of nitrogens with zero attached hydrogens (tertiary/aromatic N) is 3. The van der Waals surface area contributed by atoms with Gasteiger partial charge in [-0.05, 0) is 37.6 Å². The van der Waals surface area contributed by atoms with Gasteiger partial charge in [0, 0.05) is 53.0 Å². The Balaban J connectivity index is 0.000000338. The van der Waals surface area contributed by atoms with E-state index in [0.717, 1.165) is 42.7 Å². The number of carbonyl (C=O) groups is 1. The van der Waals surface area contributed by atoms with Crippen LogP contribution in [0.2, 0.25) is 0 Å². The van der Waals surface area contributed by atoms with Gasteiger partial charge >= 0.3 is 0 Å². The van der Waals surface area contributed by atoms with Crippen molar-refractivity contribution in [3.8, 4) is 21.7 Å². The fourth-order valence-electron chi connectivity index (χ4n) is 3.82. The summed E-state index contributed by atoms with van der Waals surface area (Å²) in [5.74, 6) is -0.0625. The van der Waals surface area contributed by atoms with Crippen molar-refractivity contribution < 1.29 is 34.4 Å². The standard InChI is InChI=1S/C23H12N3OS.C5H8O2.Ir/c1-2-6-14(7-3-1)19-12-18-22(28-19)20(26-13-25-18)17-9-4-8-15-16-10-5-11-24-23(16)27-21(15)17;1-4(6)3-5(2)7;/h1-8,10-13H;3,6H,1-2H3;/q-1;;/b;4-3-;. The van der Waals surface area contributed by atoms with Crippen LogP contribution in [-0.4, -0.2) is 25.8 Å². The van der Waals surface area contributed by atoms with Crippen LogP contribution >= 0.6 is 11.3 Å². The summed E-state index contributed by atoms with van der Waals surface area (Å²) in [6.45, 7) is 2.85. The second kappa shape index (κ2) is 10.9. The van der Waals surface area contributed by atoms with Gasteiger partial charge < -0.3 is 9.52 Å². The molecule has 0 aliphatic heterocycles. The molecule has 0 aliphatic carbocycles. The van der Waals surface area contributed by atoms with Crippen LogP contribution < -0.4 is 0 Å². The van der Waals surface area contributed by atoms with E-state index >= 15 is 0 Å². The third kappa shape index (κ3) is 5.11. The Labute approximate surface area is 224 Å². The first-order chi connectivity index (χ1) is 17.0. The largest absolute Gasteiger partial charge is 0.512 e. The van der Waals surface area contributed by atoms with E-state index in [1.807, 2.05) is 42.5 Å². The number of carbonyl (C=O) groups excluding carboxylic acids is 1. The van der Waals surface area contributed by atoms with Gasteiger partial charge in [0.25, 0.3) is 0 Å². The van der Waals surface area contributed by atoms with Gasteiger partial charge in [-0.2, -0.15) is 0 Å². The molecule has 6 nitrogen and oxygen atoms in total. The van der Waals surface area contributed by atoms with Gasteiger partial charge in [-0.3, -0.25) is 9.78 Å². The predicted octanol–water partition coefficient (Wildman–Crippen LogP) is 7.15. The van der Waals surface area contributed by atoms with Crippen molar-refractivity contribution in [2.75, 3.05) is 0 Å². The van der Waals surface area contributed by atoms with Crippen LogP contribution in [0.25, 0.3) is 54.0 Å². The van der Waals surface area contributed by atoms with Crippen molar-refractivity contribution in [1.29, 1.82) is 0 Å². The molecule has 8 heteroatoms. The van der Waals surface area contributed by atoms with Gasteiger partial charge in [-0.1, -0.05) is 41.3 Å². The number of aliphatic hydroxyl groups excluding tert-OH is 1. The zero-order chi connectivity index (χ0) is 24.4. The Morgan fingerprint density at radius 3 is 2.56 bits per heavy atom. The van der Waals surface area contributed by atoms with E-state index in [1.165, 1.54) is 25.5 Å². The smallest absolute Gasteiger partial charge is 0.216 e. The van der Waals surface area contributed by atoms with E-state index < -0.39 is 0 Å². The average Bonchev–Trinajstić information content (AvgIpc) is 3.46. The van der Waals surface area contributed by atoms with E-state index in [-0.39, 0.29) is 31.6 Å². The molecule has 36 heavy (non-hydrogen) atoms. The molecule has 0 fully saturated rings. The van der Waals surface area contributed by atoms with Crippen LogP contribution in [0.3, 0.4) is 0 Å². The number of hydrogen-bond acceptors (Lipinski definition) is 7. The first-order valence-electron chi connectivity index (χ1n) is 10.9. The summed E-state index contributed by atoms with van der Waals surface area (Å²) < 4.78 is 7.11. The normalized spacial score (nSPS) is 11.2. The summed E-state index contributed by atoms with van der Waals surface area (Å²) in [5, 5.41) is 10.4. The van der Waals surface area contributed by atoms with Crippen molar-refractivity contribution in [1.82, 2.24) is 15.0 Å². The Bertz CT molecular complexity index is 1700. The molecule has 0 bridgehead atoms. The number of aromatic nitrogens is 3. The van der Waals surface area contributed by atoms with Crippen molar-refractivity contribution in [3.05, 3.63) is 91.1 Å². The molecule has 1 radical (unpaired) electrons. The van der Waals surface area contributed by atoms with Crippen LogP contribution in [-0.2, 0) is 24.9 Å². The third-order valence-electron chi connectivity index (χ3n) is 5.23. The number of aliphatic hydroxyl groups is 1. The predicted molar refractivity (Wildman–Crippen MR) is 139 cm³/mol. The maximum absolute atomic E-state index is 10.0. The molecule has 0 saturated carbocycles. The molecule has 0 amide bonds. The van der Waals surface area contributed by atoms with Crippen molar-refractivity contribution in [2.45, 2.75) is 13.8 Å². The van der Waals surface area contributed by atoms with Crippen LogP contribution in [0.1, 0.15) is 13.8 Å². The second-order valence-corrected chi connectivity index (χ2v) is 8.92. The SMILES string of the molecule is CC(=O)/C=C(/C)O.[Ir].[c-]1ccc2c(oc3ncccc32)c1-c1ncnc2cc(-c3ccccc3)sc12. The summed E-state index contributed by atoms with van der Waals surface area (Å²) in [6.07, 6.45) is 4.51. The first-order valence-corrected chi connectivity index (χ1v) is 11.7. The van der Waals surface area contributed by atoms with Crippen molar-refractivity contribution >= 4 is 49.4 Å². The molecule has 1 N–H and O–H groups in total. The van der Waals surface area contributed by atoms with E-state index in [2.05, 4.69) is 39.2 Å². The molecule has 181 valence electrons. The van der Waals surface area contributed by atoms with Crippen LogP contribution in [0, 0.1) is 6.07 Å². The van der Waals surface area contributed by atoms with Crippen LogP contribution in [0.4, 0.5) is 0 Å². The number of ketones is 1. The number of pyridine rings is 1. The number of furan rings is 1. The zero-order valence-corrected chi connectivity index (χ0v) is 22.6. The summed E-state index contributed by atoms with van der Waals surface area (Å²) in [5.41, 5.74) is 5.15. The number of hydrogen-bond donors (Lipinski definition) is 1. The number of allylic oxidation sites excluding steroid dienone is 2. The van der Waals surface area contributed by atoms with Crippen molar-refractivity contribution in [2.24, 2.45) is 0 Å². The molecule has 4 heterocycles. The van der Waals surface area contributed by atoms with E-state index in [4.69, 9.17) is 9.52 Å². The quantitative estimate of drug-likeness (QED) is 0.122. The number of rotatable bonds is 3. The topological polar surface area (TPSA) is 89.1 Å². The minimum Gasteiger partial charge on any atom is -0.512 e. The molecule has 0 atom stereocenters. The zero-order valence-electron chi connectivity index (χ0n) is 19.4. The fraction of sp³-hybridized carbons (Fsp3) is 0.0714. The van der Waals surface area contributed by atoms with Crippen LogP contribution in [0.15, 0.2) is 89.4 Å². The average molecular weight is 671 g/mol. The third-order valence-corrected chi connectivity index (χ3v) is 6.41. The van der Waals surface area contributed by atoms with Gasteiger partial charge in [-0.25, -0.2) is 9.97 Å². The monoisotopic (exact) mass is 671 g/mol. The van der Waals surface area contributed by atoms with E-state index in [1.54, 1.807) is 23.9 Å². The minimum absolute atomic E-state index is 0. The molecular formula is C28H20IrN3O3S-.